The zero-order chi connectivity index (χ0) is 28.1. The number of hydrogen-bond acceptors (Lipinski definition) is 5. The van der Waals surface area contributed by atoms with Crippen LogP contribution in [0.5, 0.6) is 0 Å². The van der Waals surface area contributed by atoms with Crippen LogP contribution in [0.4, 0.5) is 18.0 Å². The summed E-state index contributed by atoms with van der Waals surface area (Å²) in [6, 6.07) is 19.4. The van der Waals surface area contributed by atoms with Gasteiger partial charge in [0.05, 0.1) is 16.9 Å². The molecule has 1 saturated heterocycles. The van der Waals surface area contributed by atoms with Gasteiger partial charge in [-0.25, -0.2) is 9.48 Å². The number of urea groups is 1. The standard InChI is InChI=1S/C28H27F3N6O3/c29-28(30,31)25-22(18-37(34-25)21-11-5-2-6-12-21)26(38)32-13-14-33-27(39)36-15-7-10-20(17-36)23-16-24(40-35-23)19-8-3-1-4-9-19/h1-6,8-9,11-12,16,18,20H,7,10,13-15,17H2,(H,32,38)(H,33,39). The number of hydrogen-bond donors (Lipinski definition) is 2. The van der Waals surface area contributed by atoms with Crippen molar-refractivity contribution in [2.75, 3.05) is 26.2 Å². The molecule has 2 N–H and O–H groups in total. The second-order valence-corrected chi connectivity index (χ2v) is 9.42. The van der Waals surface area contributed by atoms with E-state index in [0.717, 1.165) is 35.0 Å². The van der Waals surface area contributed by atoms with Crippen LogP contribution in [0.2, 0.25) is 0 Å². The molecule has 1 aliphatic rings. The highest BCUT2D eigenvalue weighted by Crippen LogP contribution is 2.32. The summed E-state index contributed by atoms with van der Waals surface area (Å²) in [7, 11) is 0. The molecule has 0 bridgehead atoms. The molecule has 1 fully saturated rings. The molecule has 208 valence electrons. The number of alkyl halides is 3. The fourth-order valence-corrected chi connectivity index (χ4v) is 4.64. The molecule has 4 aromatic rings. The first-order valence-corrected chi connectivity index (χ1v) is 12.8. The van der Waals surface area contributed by atoms with Gasteiger partial charge in [0.25, 0.3) is 5.91 Å². The van der Waals surface area contributed by atoms with E-state index in [0.29, 0.717) is 24.5 Å². The zero-order valence-electron chi connectivity index (χ0n) is 21.4. The molecule has 0 aliphatic carbocycles. The number of nitrogens with one attached hydrogen (secondary N) is 2. The molecular weight excluding hydrogens is 525 g/mol. The van der Waals surface area contributed by atoms with E-state index in [1.807, 2.05) is 36.4 Å². The lowest BCUT2D eigenvalue weighted by Gasteiger charge is -2.31. The lowest BCUT2D eigenvalue weighted by molar-refractivity contribution is -0.141. The second-order valence-electron chi connectivity index (χ2n) is 9.42. The summed E-state index contributed by atoms with van der Waals surface area (Å²) in [5.41, 5.74) is 0.217. The van der Waals surface area contributed by atoms with Crippen molar-refractivity contribution in [1.29, 1.82) is 0 Å². The summed E-state index contributed by atoms with van der Waals surface area (Å²) in [6.45, 7) is 1.000. The molecule has 5 rings (SSSR count). The van der Waals surface area contributed by atoms with Crippen LogP contribution in [-0.4, -0.2) is 58.0 Å². The third kappa shape index (κ3) is 6.16. The van der Waals surface area contributed by atoms with E-state index in [4.69, 9.17) is 4.52 Å². The van der Waals surface area contributed by atoms with E-state index in [-0.39, 0.29) is 25.0 Å². The Morgan fingerprint density at radius 1 is 1.00 bits per heavy atom. The Morgan fingerprint density at radius 3 is 2.42 bits per heavy atom. The number of rotatable bonds is 7. The summed E-state index contributed by atoms with van der Waals surface area (Å²) in [4.78, 5) is 27.0. The number of benzene rings is 2. The van der Waals surface area contributed by atoms with E-state index < -0.39 is 23.3 Å². The third-order valence-electron chi connectivity index (χ3n) is 6.65. The molecule has 3 heterocycles. The predicted octanol–water partition coefficient (Wildman–Crippen LogP) is 4.87. The molecule has 40 heavy (non-hydrogen) atoms. The highest BCUT2D eigenvalue weighted by molar-refractivity contribution is 5.95. The second kappa shape index (κ2) is 11.6. The van der Waals surface area contributed by atoms with Crippen LogP contribution >= 0.6 is 0 Å². The number of para-hydroxylation sites is 1. The van der Waals surface area contributed by atoms with Crippen molar-refractivity contribution in [1.82, 2.24) is 30.5 Å². The first-order chi connectivity index (χ1) is 19.3. The molecule has 2 aromatic heterocycles. The molecule has 1 unspecified atom stereocenters. The van der Waals surface area contributed by atoms with Gasteiger partial charge in [-0.05, 0) is 25.0 Å². The van der Waals surface area contributed by atoms with Gasteiger partial charge >= 0.3 is 12.2 Å². The minimum Gasteiger partial charge on any atom is -0.356 e. The fourth-order valence-electron chi connectivity index (χ4n) is 4.64. The van der Waals surface area contributed by atoms with E-state index in [1.54, 1.807) is 35.2 Å². The molecule has 12 heteroatoms. The Hall–Kier alpha value is -4.61. The SMILES string of the molecule is O=C(NCCNC(=O)N1CCCC(c2cc(-c3ccccc3)on2)C1)c1cn(-c2ccccc2)nc1C(F)(F)F. The van der Waals surface area contributed by atoms with Crippen LogP contribution in [0.3, 0.4) is 0 Å². The first-order valence-electron chi connectivity index (χ1n) is 12.8. The molecule has 9 nitrogen and oxygen atoms in total. The van der Waals surface area contributed by atoms with E-state index in [1.165, 1.54) is 0 Å². The van der Waals surface area contributed by atoms with Gasteiger partial charge in [0, 0.05) is 49.9 Å². The summed E-state index contributed by atoms with van der Waals surface area (Å²) in [5.74, 6) is -0.250. The van der Waals surface area contributed by atoms with Crippen LogP contribution in [0.25, 0.3) is 17.0 Å². The van der Waals surface area contributed by atoms with Crippen LogP contribution in [0.15, 0.2) is 77.4 Å². The van der Waals surface area contributed by atoms with Gasteiger partial charge in [-0.1, -0.05) is 53.7 Å². The Kier molecular flexibility index (Phi) is 7.85. The van der Waals surface area contributed by atoms with Crippen LogP contribution in [-0.2, 0) is 6.18 Å². The van der Waals surface area contributed by atoms with Crippen LogP contribution < -0.4 is 10.6 Å². The van der Waals surface area contributed by atoms with Gasteiger partial charge in [0.15, 0.2) is 11.5 Å². The summed E-state index contributed by atoms with van der Waals surface area (Å²) in [5, 5.41) is 13.0. The van der Waals surface area contributed by atoms with Gasteiger partial charge in [-0.3, -0.25) is 4.79 Å². The molecule has 3 amide bonds. The summed E-state index contributed by atoms with van der Waals surface area (Å²) >= 11 is 0. The lowest BCUT2D eigenvalue weighted by Crippen LogP contribution is -2.46. The molecule has 0 radical (unpaired) electrons. The number of piperidine rings is 1. The maximum Gasteiger partial charge on any atom is 0.435 e. The van der Waals surface area contributed by atoms with Gasteiger partial charge in [-0.15, -0.1) is 0 Å². The highest BCUT2D eigenvalue weighted by Gasteiger charge is 2.39. The monoisotopic (exact) mass is 552 g/mol. The number of aromatic nitrogens is 3. The molecule has 1 aliphatic heterocycles. The summed E-state index contributed by atoms with van der Waals surface area (Å²) < 4.78 is 47.2. The Balaban J connectivity index is 1.14. The molecule has 0 saturated carbocycles. The topological polar surface area (TPSA) is 105 Å². The summed E-state index contributed by atoms with van der Waals surface area (Å²) in [6.07, 6.45) is -2.11. The van der Waals surface area contributed by atoms with Crippen molar-refractivity contribution < 1.29 is 27.3 Å². The molecule has 2 aromatic carbocycles. The number of amides is 3. The molecule has 0 spiro atoms. The quantitative estimate of drug-likeness (QED) is 0.319. The van der Waals surface area contributed by atoms with Crippen molar-refractivity contribution in [3.8, 4) is 17.0 Å². The van der Waals surface area contributed by atoms with E-state index in [9.17, 15) is 22.8 Å². The van der Waals surface area contributed by atoms with Gasteiger partial charge in [-0.2, -0.15) is 18.3 Å². The minimum absolute atomic E-state index is 0.0161. The third-order valence-corrected chi connectivity index (χ3v) is 6.65. The molecular formula is C28H27F3N6O3. The Labute approximate surface area is 227 Å². The highest BCUT2D eigenvalue weighted by atomic mass is 19.4. The first kappa shape index (κ1) is 27.0. The average Bonchev–Trinajstić information content (AvgIpc) is 3.65. The predicted molar refractivity (Wildman–Crippen MR) is 140 cm³/mol. The van der Waals surface area contributed by atoms with E-state index in [2.05, 4.69) is 20.9 Å². The maximum atomic E-state index is 13.6. The zero-order valence-corrected chi connectivity index (χ0v) is 21.4. The van der Waals surface area contributed by atoms with Crippen molar-refractivity contribution in [3.63, 3.8) is 0 Å². The maximum absolute atomic E-state index is 13.6. The number of likely N-dealkylation sites (tertiary alicyclic amines) is 1. The molecule has 1 atom stereocenters. The Bertz CT molecular complexity index is 1450. The fraction of sp³-hybridized carbons (Fsp3) is 0.286. The number of carbonyl (C=O) groups is 2. The number of halogens is 3. The normalized spacial score (nSPS) is 15.6. The number of nitrogens with zero attached hydrogens (tertiary/aromatic N) is 4. The average molecular weight is 553 g/mol. The van der Waals surface area contributed by atoms with Crippen molar-refractivity contribution in [2.24, 2.45) is 0 Å². The van der Waals surface area contributed by atoms with Gasteiger partial charge in [0.1, 0.15) is 0 Å². The van der Waals surface area contributed by atoms with Gasteiger partial charge < -0.3 is 20.1 Å². The van der Waals surface area contributed by atoms with Gasteiger partial charge in [0.2, 0.25) is 0 Å². The van der Waals surface area contributed by atoms with Crippen LogP contribution in [0, 0.1) is 0 Å². The largest absolute Gasteiger partial charge is 0.435 e. The van der Waals surface area contributed by atoms with Crippen molar-refractivity contribution in [3.05, 3.63) is 89.9 Å². The number of carbonyl (C=O) groups excluding carboxylic acids is 2. The minimum atomic E-state index is -4.81. The lowest BCUT2D eigenvalue weighted by atomic mass is 9.94. The Morgan fingerprint density at radius 2 is 1.70 bits per heavy atom. The van der Waals surface area contributed by atoms with Crippen molar-refractivity contribution in [2.45, 2.75) is 24.9 Å². The van der Waals surface area contributed by atoms with Crippen molar-refractivity contribution >= 4 is 11.9 Å². The van der Waals surface area contributed by atoms with Crippen LogP contribution in [0.1, 0.15) is 40.5 Å². The van der Waals surface area contributed by atoms with E-state index >= 15 is 0 Å². The smallest absolute Gasteiger partial charge is 0.356 e.